The lowest BCUT2D eigenvalue weighted by Crippen LogP contribution is -2.47. The van der Waals surface area contributed by atoms with Crippen molar-refractivity contribution in [3.8, 4) is 0 Å². The zero-order valence-electron chi connectivity index (χ0n) is 16.4. The maximum Gasteiger partial charge on any atom is 0.267 e. The van der Waals surface area contributed by atoms with Crippen LogP contribution >= 0.6 is 0 Å². The predicted molar refractivity (Wildman–Crippen MR) is 110 cm³/mol. The van der Waals surface area contributed by atoms with Crippen LogP contribution in [0.3, 0.4) is 0 Å². The molecule has 29 heavy (non-hydrogen) atoms. The fourth-order valence-corrected chi connectivity index (χ4v) is 2.22. The summed E-state index contributed by atoms with van der Waals surface area (Å²) in [7, 11) is -4.08. The summed E-state index contributed by atoms with van der Waals surface area (Å²) in [6.45, 7) is 15.8. The van der Waals surface area contributed by atoms with Crippen molar-refractivity contribution in [3.63, 3.8) is 0 Å². The van der Waals surface area contributed by atoms with Crippen molar-refractivity contribution in [1.82, 2.24) is 16.0 Å². The SMILES string of the molecule is C=CC(=O)NC(C)(C)CS(=O)(=O)O.C=CC(=O)NCNC(=O)C=C.C=CC(N)=O. The molecule has 0 atom stereocenters. The highest BCUT2D eigenvalue weighted by Gasteiger charge is 2.25. The number of nitrogens with two attached hydrogens (primary N) is 1. The molecule has 4 amide bonds. The molecule has 0 aromatic carbocycles. The number of rotatable bonds is 9. The van der Waals surface area contributed by atoms with Gasteiger partial charge in [0, 0.05) is 0 Å². The number of primary amides is 1. The third-order valence-electron chi connectivity index (χ3n) is 2.29. The van der Waals surface area contributed by atoms with Crippen molar-refractivity contribution < 1.29 is 32.1 Å². The maximum absolute atomic E-state index is 10.8. The summed E-state index contributed by atoms with van der Waals surface area (Å²) in [4.78, 5) is 41.2. The van der Waals surface area contributed by atoms with Gasteiger partial charge in [-0.15, -0.1) is 0 Å². The van der Waals surface area contributed by atoms with Crippen molar-refractivity contribution >= 4 is 33.7 Å². The van der Waals surface area contributed by atoms with Gasteiger partial charge < -0.3 is 21.7 Å². The number of amides is 4. The van der Waals surface area contributed by atoms with Crippen LogP contribution in [0, 0.1) is 0 Å². The first kappa shape index (κ1) is 30.5. The lowest BCUT2D eigenvalue weighted by Gasteiger charge is -2.23. The fourth-order valence-electron chi connectivity index (χ4n) is 1.24. The normalized spacial score (nSPS) is 9.62. The molecule has 12 heteroatoms. The van der Waals surface area contributed by atoms with Crippen LogP contribution < -0.4 is 21.7 Å². The van der Waals surface area contributed by atoms with Gasteiger partial charge in [-0.05, 0) is 38.2 Å². The highest BCUT2D eigenvalue weighted by Crippen LogP contribution is 2.05. The maximum atomic E-state index is 10.8. The summed E-state index contributed by atoms with van der Waals surface area (Å²) in [5, 5.41) is 7.09. The molecule has 0 aliphatic rings. The highest BCUT2D eigenvalue weighted by atomic mass is 32.2. The van der Waals surface area contributed by atoms with E-state index < -0.39 is 33.2 Å². The summed E-state index contributed by atoms with van der Waals surface area (Å²) in [5.41, 5.74) is 3.53. The summed E-state index contributed by atoms with van der Waals surface area (Å²) in [6.07, 6.45) is 4.34. The molecule has 0 spiro atoms. The first-order chi connectivity index (χ1) is 13.1. The topological polar surface area (TPSA) is 185 Å². The second kappa shape index (κ2) is 15.8. The molecule has 0 rings (SSSR count). The van der Waals surface area contributed by atoms with Gasteiger partial charge in [0.25, 0.3) is 10.1 Å². The average Bonchev–Trinajstić information content (AvgIpc) is 2.59. The van der Waals surface area contributed by atoms with Gasteiger partial charge in [0.2, 0.25) is 23.6 Å². The lowest BCUT2D eigenvalue weighted by molar-refractivity contribution is -0.119. The predicted octanol–water partition coefficient (Wildman–Crippen LogP) is -0.839. The number of nitrogens with one attached hydrogen (secondary N) is 3. The van der Waals surface area contributed by atoms with Crippen LogP contribution in [0.15, 0.2) is 50.6 Å². The van der Waals surface area contributed by atoms with Crippen LogP contribution in [0.25, 0.3) is 0 Å². The molecule has 0 saturated heterocycles. The van der Waals surface area contributed by atoms with Gasteiger partial charge in [-0.25, -0.2) is 0 Å². The molecule has 0 bridgehead atoms. The van der Waals surface area contributed by atoms with E-state index in [1.54, 1.807) is 0 Å². The highest BCUT2D eigenvalue weighted by molar-refractivity contribution is 7.85. The van der Waals surface area contributed by atoms with Gasteiger partial charge in [-0.2, -0.15) is 8.42 Å². The molecule has 0 radical (unpaired) electrons. The molecular formula is C17H28N4O7S. The number of carbonyl (C=O) groups excluding carboxylic acids is 4. The van der Waals surface area contributed by atoms with E-state index in [1.807, 2.05) is 0 Å². The fraction of sp³-hybridized carbons (Fsp3) is 0.294. The largest absolute Gasteiger partial charge is 0.366 e. The van der Waals surface area contributed by atoms with Gasteiger partial charge in [0.15, 0.2) is 0 Å². The molecule has 0 fully saturated rings. The Balaban J connectivity index is -0.000000383. The van der Waals surface area contributed by atoms with Crippen molar-refractivity contribution in [3.05, 3.63) is 50.6 Å². The Kier molecular flexibility index (Phi) is 16.6. The Hall–Kier alpha value is -3.25. The minimum absolute atomic E-state index is 0.0930. The van der Waals surface area contributed by atoms with Crippen molar-refractivity contribution in [2.75, 3.05) is 12.4 Å². The van der Waals surface area contributed by atoms with Crippen LogP contribution in [-0.4, -0.2) is 54.6 Å². The number of hydrogen-bond acceptors (Lipinski definition) is 6. The van der Waals surface area contributed by atoms with Gasteiger partial charge in [0.05, 0.1) is 18.0 Å². The Morgan fingerprint density at radius 3 is 1.48 bits per heavy atom. The smallest absolute Gasteiger partial charge is 0.267 e. The molecule has 6 N–H and O–H groups in total. The molecule has 0 heterocycles. The average molecular weight is 432 g/mol. The van der Waals surface area contributed by atoms with Crippen molar-refractivity contribution in [2.45, 2.75) is 19.4 Å². The Morgan fingerprint density at radius 2 is 1.24 bits per heavy atom. The third-order valence-corrected chi connectivity index (χ3v) is 3.37. The molecule has 164 valence electrons. The third kappa shape index (κ3) is 27.1. The zero-order valence-corrected chi connectivity index (χ0v) is 17.3. The molecule has 0 aromatic rings. The second-order valence-electron chi connectivity index (χ2n) is 5.58. The summed E-state index contributed by atoms with van der Waals surface area (Å²) in [6, 6.07) is 0. The number of hydrogen-bond donors (Lipinski definition) is 5. The molecule has 0 aliphatic carbocycles. The molecule has 0 aromatic heterocycles. The van der Waals surface area contributed by atoms with Gasteiger partial charge in [-0.1, -0.05) is 26.3 Å². The van der Waals surface area contributed by atoms with Gasteiger partial charge >= 0.3 is 0 Å². The van der Waals surface area contributed by atoms with Crippen LogP contribution in [-0.2, 0) is 29.3 Å². The van der Waals surface area contributed by atoms with E-state index >= 15 is 0 Å². The first-order valence-electron chi connectivity index (χ1n) is 7.76. The minimum atomic E-state index is -4.08. The van der Waals surface area contributed by atoms with E-state index in [0.717, 1.165) is 24.3 Å². The van der Waals surface area contributed by atoms with Crippen LogP contribution in [0.1, 0.15) is 13.8 Å². The quantitative estimate of drug-likeness (QED) is 0.179. The molecule has 0 saturated carbocycles. The van der Waals surface area contributed by atoms with Crippen molar-refractivity contribution in [1.29, 1.82) is 0 Å². The van der Waals surface area contributed by atoms with E-state index in [1.165, 1.54) is 13.8 Å². The van der Waals surface area contributed by atoms with Crippen LogP contribution in [0.5, 0.6) is 0 Å². The number of carbonyl (C=O) groups is 4. The Labute approximate surface area is 170 Å². The molecule has 0 unspecified atom stereocenters. The summed E-state index contributed by atoms with van der Waals surface area (Å²) in [5.74, 6) is -2.14. The molecule has 11 nitrogen and oxygen atoms in total. The van der Waals surface area contributed by atoms with E-state index in [-0.39, 0.29) is 18.5 Å². The zero-order chi connectivity index (χ0) is 23.7. The van der Waals surface area contributed by atoms with E-state index in [4.69, 9.17) is 4.55 Å². The molecular weight excluding hydrogens is 404 g/mol. The van der Waals surface area contributed by atoms with E-state index in [0.29, 0.717) is 0 Å². The first-order valence-corrected chi connectivity index (χ1v) is 9.37. The van der Waals surface area contributed by atoms with Gasteiger partial charge in [0.1, 0.15) is 0 Å². The monoisotopic (exact) mass is 432 g/mol. The molecule has 0 aliphatic heterocycles. The summed E-state index contributed by atoms with van der Waals surface area (Å²) < 4.78 is 29.5. The lowest BCUT2D eigenvalue weighted by atomic mass is 10.1. The van der Waals surface area contributed by atoms with Crippen LogP contribution in [0.4, 0.5) is 0 Å². The Morgan fingerprint density at radius 1 is 0.897 bits per heavy atom. The second-order valence-corrected chi connectivity index (χ2v) is 7.03. The Bertz CT molecular complexity index is 708. The minimum Gasteiger partial charge on any atom is -0.366 e. The van der Waals surface area contributed by atoms with Crippen LogP contribution in [0.2, 0.25) is 0 Å². The summed E-state index contributed by atoms with van der Waals surface area (Å²) >= 11 is 0. The van der Waals surface area contributed by atoms with Gasteiger partial charge in [-0.3, -0.25) is 23.7 Å². The van der Waals surface area contributed by atoms with E-state index in [9.17, 15) is 27.6 Å². The van der Waals surface area contributed by atoms with Crippen molar-refractivity contribution in [2.24, 2.45) is 5.73 Å². The van der Waals surface area contributed by atoms with E-state index in [2.05, 4.69) is 48.0 Å². The standard InChI is InChI=1S/C7H10N2O2.C7H13NO4S.C3H5NO/c1-3-6(10)8-5-9-7(11)4-2;1-4-6(9)8-7(2,3)5-13(10,11)12;1-2-3(4)5/h3-4H,1-2,5H2,(H,8,10)(H,9,11);4H,1,5H2,2-3H3,(H,8,9)(H,10,11,12);2H,1H2,(H2,4,5).